The van der Waals surface area contributed by atoms with E-state index in [0.29, 0.717) is 34.9 Å². The fraction of sp³-hybridized carbons (Fsp3) is 0.689. The number of Topliss-reactive ketones (excluding diaryl/α,β-unsaturated/α-hetero) is 1. The molecule has 296 valence electrons. The second kappa shape index (κ2) is 14.4. The Bertz CT molecular complexity index is 1750. The number of allylic oxidation sites excluding steroid dienone is 3. The monoisotopic (exact) mass is 780 g/mol. The molecule has 0 radical (unpaired) electrons. The highest BCUT2D eigenvalue weighted by atomic mass is 35.5. The second-order valence-corrected chi connectivity index (χ2v) is 20.5. The lowest BCUT2D eigenvalue weighted by Gasteiger charge is -2.69. The predicted octanol–water partition coefficient (Wildman–Crippen LogP) is 10.4. The fourth-order valence-corrected chi connectivity index (χ4v) is 13.5. The number of rotatable bonds is 10. The van der Waals surface area contributed by atoms with Crippen LogP contribution in [0.25, 0.3) is 0 Å². The van der Waals surface area contributed by atoms with Crippen LogP contribution in [-0.2, 0) is 23.9 Å². The molecule has 0 bridgehead atoms. The summed E-state index contributed by atoms with van der Waals surface area (Å²) >= 11 is 13.3. The fourth-order valence-electron chi connectivity index (χ4n) is 13.1. The molecule has 4 fully saturated rings. The van der Waals surface area contributed by atoms with Gasteiger partial charge in [-0.1, -0.05) is 78.6 Å². The molecule has 9 heteroatoms. The maximum absolute atomic E-state index is 14.3. The lowest BCUT2D eigenvalue weighted by molar-refractivity contribution is -0.213. The first-order valence-electron chi connectivity index (χ1n) is 20.2. The summed E-state index contributed by atoms with van der Waals surface area (Å²) < 4.78 is 6.22. The molecule has 54 heavy (non-hydrogen) atoms. The van der Waals surface area contributed by atoms with E-state index in [1.54, 1.807) is 13.8 Å². The summed E-state index contributed by atoms with van der Waals surface area (Å²) in [6.45, 7) is 17.5. The summed E-state index contributed by atoms with van der Waals surface area (Å²) in [5.74, 6) is 1.46. The molecular weight excluding hydrogens is 719 g/mol. The van der Waals surface area contributed by atoms with Crippen LogP contribution in [0, 0.1) is 56.7 Å². The van der Waals surface area contributed by atoms with Gasteiger partial charge in [-0.3, -0.25) is 24.4 Å². The van der Waals surface area contributed by atoms with E-state index >= 15 is 0 Å². The van der Waals surface area contributed by atoms with Gasteiger partial charge in [0.15, 0.2) is 12.1 Å². The molecule has 4 saturated carbocycles. The van der Waals surface area contributed by atoms with Gasteiger partial charge in [0.2, 0.25) is 0 Å². The third-order valence-electron chi connectivity index (χ3n) is 15.5. The lowest BCUT2D eigenvalue weighted by Crippen LogP contribution is -2.63. The van der Waals surface area contributed by atoms with E-state index in [2.05, 4.69) is 41.5 Å². The van der Waals surface area contributed by atoms with Crippen molar-refractivity contribution in [1.29, 1.82) is 0 Å². The Morgan fingerprint density at radius 3 is 2.20 bits per heavy atom. The Morgan fingerprint density at radius 2 is 1.59 bits per heavy atom. The molecule has 7 nitrogen and oxygen atoms in total. The molecule has 8 atom stereocenters. The maximum atomic E-state index is 14.3. The molecule has 1 aromatic rings. The molecule has 6 rings (SSSR count). The minimum absolute atomic E-state index is 0.0540. The molecule has 0 aliphatic heterocycles. The van der Waals surface area contributed by atoms with Crippen molar-refractivity contribution in [3.8, 4) is 0 Å². The number of hydrogen-bond donors (Lipinski definition) is 0. The number of carbonyl (C=O) groups is 4. The van der Waals surface area contributed by atoms with Crippen LogP contribution in [0.3, 0.4) is 0 Å². The standard InChI is InChI=1S/C45H62Cl2N2O5/c1-27(2)38-33(52)23-45(40(32(47)25-50)49(10)48(9)29-13-11-28(46)12-14-29)22-17-31-30(39(38)45)15-16-35-43(31,7)20-18-34-42(5,6)36(19-21-44(34,35)8)54-37(53)24-41(3,4)26-51/h11-14,25-27,30-31,34-36H,15-24H2,1-10H3/b40-32+. The van der Waals surface area contributed by atoms with Gasteiger partial charge < -0.3 is 9.53 Å². The lowest BCUT2D eigenvalue weighted by atomic mass is 9.36. The van der Waals surface area contributed by atoms with Crippen molar-refractivity contribution >= 4 is 53.2 Å². The minimum Gasteiger partial charge on any atom is -0.462 e. The number of benzene rings is 1. The SMILES string of the molecule is CC(C)C1=C2C3CCC4C(C)(CCC5C(C)(C)C(OC(=O)CC(C)(C)C=O)CCC54C)C3CCC2(/C(=C(\Cl)C=O)N(C)N(C)c2ccc(Cl)cc2)CC1=O. The summed E-state index contributed by atoms with van der Waals surface area (Å²) in [5.41, 5.74) is 2.34. The molecule has 5 aliphatic rings. The van der Waals surface area contributed by atoms with E-state index < -0.39 is 10.8 Å². The first-order valence-corrected chi connectivity index (χ1v) is 21.0. The van der Waals surface area contributed by atoms with Gasteiger partial charge in [-0.15, -0.1) is 0 Å². The molecule has 0 aromatic heterocycles. The number of hydrazine groups is 1. The van der Waals surface area contributed by atoms with Crippen LogP contribution in [0.4, 0.5) is 5.69 Å². The third kappa shape index (κ3) is 6.49. The number of ether oxygens (including phenoxy) is 1. The summed E-state index contributed by atoms with van der Waals surface area (Å²) in [5, 5.41) is 4.77. The zero-order valence-corrected chi connectivity index (χ0v) is 35.7. The summed E-state index contributed by atoms with van der Waals surface area (Å²) in [4.78, 5) is 51.7. The van der Waals surface area contributed by atoms with Gasteiger partial charge in [0.25, 0.3) is 0 Å². The van der Waals surface area contributed by atoms with Gasteiger partial charge >= 0.3 is 5.97 Å². The quantitative estimate of drug-likeness (QED) is 0.101. The van der Waals surface area contributed by atoms with E-state index in [1.807, 2.05) is 48.4 Å². The van der Waals surface area contributed by atoms with Crippen LogP contribution in [0.1, 0.15) is 120 Å². The first-order chi connectivity index (χ1) is 25.2. The molecule has 8 unspecified atom stereocenters. The van der Waals surface area contributed by atoms with Crippen molar-refractivity contribution in [3.63, 3.8) is 0 Å². The van der Waals surface area contributed by atoms with Crippen LogP contribution >= 0.6 is 23.2 Å². The maximum Gasteiger partial charge on any atom is 0.307 e. The van der Waals surface area contributed by atoms with Gasteiger partial charge in [0, 0.05) is 41.8 Å². The first kappa shape index (κ1) is 41.0. The number of ketones is 1. The molecule has 0 N–H and O–H groups in total. The van der Waals surface area contributed by atoms with E-state index in [0.717, 1.165) is 75.2 Å². The largest absolute Gasteiger partial charge is 0.462 e. The van der Waals surface area contributed by atoms with Gasteiger partial charge in [0.05, 0.1) is 17.8 Å². The van der Waals surface area contributed by atoms with Crippen LogP contribution in [0.5, 0.6) is 0 Å². The van der Waals surface area contributed by atoms with E-state index in [4.69, 9.17) is 27.9 Å². The third-order valence-corrected chi connectivity index (χ3v) is 16.0. The molecule has 0 spiro atoms. The topological polar surface area (TPSA) is 84.0 Å². The average molecular weight is 782 g/mol. The van der Waals surface area contributed by atoms with Crippen LogP contribution < -0.4 is 5.01 Å². The van der Waals surface area contributed by atoms with Crippen molar-refractivity contribution in [1.82, 2.24) is 5.01 Å². The Balaban J connectivity index is 1.35. The Morgan fingerprint density at radius 1 is 0.944 bits per heavy atom. The summed E-state index contributed by atoms with van der Waals surface area (Å²) in [6.07, 6.45) is 9.58. The number of anilines is 1. The number of aldehydes is 2. The summed E-state index contributed by atoms with van der Waals surface area (Å²) in [6, 6.07) is 7.59. The van der Waals surface area contributed by atoms with Crippen molar-refractivity contribution in [3.05, 3.63) is 51.2 Å². The van der Waals surface area contributed by atoms with Gasteiger partial charge in [-0.25, -0.2) is 0 Å². The minimum atomic E-state index is -0.737. The number of esters is 1. The average Bonchev–Trinajstić information content (AvgIpc) is 3.41. The number of hydrogen-bond acceptors (Lipinski definition) is 7. The summed E-state index contributed by atoms with van der Waals surface area (Å²) in [7, 11) is 3.91. The highest BCUT2D eigenvalue weighted by Crippen LogP contribution is 2.74. The van der Waals surface area contributed by atoms with Crippen molar-refractivity contribution in [2.24, 2.45) is 56.7 Å². The zero-order chi connectivity index (χ0) is 39.8. The van der Waals surface area contributed by atoms with Crippen molar-refractivity contribution in [2.45, 2.75) is 126 Å². The van der Waals surface area contributed by atoms with Gasteiger partial charge in [-0.2, -0.15) is 0 Å². The van der Waals surface area contributed by atoms with Crippen molar-refractivity contribution in [2.75, 3.05) is 19.1 Å². The van der Waals surface area contributed by atoms with E-state index in [-0.39, 0.29) is 57.4 Å². The molecule has 0 saturated heterocycles. The predicted molar refractivity (Wildman–Crippen MR) is 216 cm³/mol. The number of carbonyl (C=O) groups excluding carboxylic acids is 4. The Hall–Kier alpha value is -2.64. The Kier molecular flexibility index (Phi) is 10.9. The van der Waals surface area contributed by atoms with E-state index in [9.17, 15) is 19.2 Å². The highest BCUT2D eigenvalue weighted by molar-refractivity contribution is 6.39. The van der Waals surface area contributed by atoms with Gasteiger partial charge in [-0.05, 0) is 127 Å². The molecule has 0 amide bonds. The number of halogens is 2. The smallest absolute Gasteiger partial charge is 0.307 e. The number of fused-ring (bicyclic) bond motifs is 7. The molecule has 1 aromatic carbocycles. The number of nitrogens with zero attached hydrogens (tertiary/aromatic N) is 2. The Labute approximate surface area is 333 Å². The molecule has 0 heterocycles. The highest BCUT2D eigenvalue weighted by Gasteiger charge is 2.67. The van der Waals surface area contributed by atoms with Crippen LogP contribution in [0.2, 0.25) is 5.02 Å². The second-order valence-electron chi connectivity index (χ2n) is 19.6. The van der Waals surface area contributed by atoms with Crippen LogP contribution in [0.15, 0.2) is 46.1 Å². The molecular formula is C45H62Cl2N2O5. The van der Waals surface area contributed by atoms with Crippen molar-refractivity contribution < 1.29 is 23.9 Å². The normalized spacial score (nSPS) is 34.9. The zero-order valence-electron chi connectivity index (χ0n) is 34.2. The van der Waals surface area contributed by atoms with Crippen LogP contribution in [-0.4, -0.2) is 49.5 Å². The molecule has 5 aliphatic carbocycles. The van der Waals surface area contributed by atoms with Gasteiger partial charge in [0.1, 0.15) is 17.4 Å². The van der Waals surface area contributed by atoms with E-state index in [1.165, 1.54) is 5.57 Å².